The van der Waals surface area contributed by atoms with E-state index in [4.69, 9.17) is 5.10 Å². The molecule has 2 heterocycles. The van der Waals surface area contributed by atoms with Crippen LogP contribution in [0, 0.1) is 54.3 Å². The Morgan fingerprint density at radius 3 is 1.13 bits per heavy atom. The molecule has 0 saturated carbocycles. The third-order valence-electron chi connectivity index (χ3n) is 15.5. The molecular weight excluding hydrogens is 1240 g/mol. The van der Waals surface area contributed by atoms with E-state index in [2.05, 4.69) is 75.0 Å². The van der Waals surface area contributed by atoms with Crippen molar-refractivity contribution in [1.82, 2.24) is 21.1 Å². The van der Waals surface area contributed by atoms with Gasteiger partial charge in [0.15, 0.2) is 11.5 Å². The Labute approximate surface area is 566 Å². The predicted molar refractivity (Wildman–Crippen MR) is 389 cm³/mol. The summed E-state index contributed by atoms with van der Waals surface area (Å²) < 4.78 is 0. The smallest absolute Gasteiger partial charge is 0.301 e. The maximum atomic E-state index is 12.0. The molecule has 11 aromatic carbocycles. The molecular formula is C75H69N15O8. The number of hydrogen-bond acceptors (Lipinski definition) is 19. The Bertz CT molecular complexity index is 4460. The van der Waals surface area contributed by atoms with Gasteiger partial charge in [-0.05, 0) is 122 Å². The van der Waals surface area contributed by atoms with Crippen LogP contribution in [0.3, 0.4) is 0 Å². The highest BCUT2D eigenvalue weighted by Crippen LogP contribution is 2.46. The lowest BCUT2D eigenvalue weighted by atomic mass is 9.90. The third-order valence-corrected chi connectivity index (χ3v) is 15.5. The van der Waals surface area contributed by atoms with Gasteiger partial charge in [-0.2, -0.15) is 5.10 Å². The molecule has 1 atom stereocenters. The number of para-hydroxylation sites is 4. The second kappa shape index (κ2) is 31.6. The van der Waals surface area contributed by atoms with Gasteiger partial charge < -0.3 is 5.32 Å². The lowest BCUT2D eigenvalue weighted by Crippen LogP contribution is -2.58. The number of hydrogen-bond donors (Lipinski definition) is 4. The highest BCUT2D eigenvalue weighted by Gasteiger charge is 2.32. The highest BCUT2D eigenvalue weighted by molar-refractivity contribution is 6.01. The van der Waals surface area contributed by atoms with E-state index in [1.807, 2.05) is 220 Å². The second-order valence-corrected chi connectivity index (χ2v) is 22.4. The Kier molecular flexibility index (Phi) is 21.8. The molecule has 11 aromatic rings. The number of benzene rings is 11. The average Bonchev–Trinajstić information content (AvgIpc) is 1.34. The van der Waals surface area contributed by atoms with Gasteiger partial charge in [-0.25, -0.2) is 10.1 Å². The Balaban J connectivity index is 0.000000154. The third kappa shape index (κ3) is 16.5. The molecule has 0 aliphatic carbocycles. The molecule has 0 aromatic heterocycles. The number of aryl methyl sites for hydroxylation is 2. The topological polar surface area (TPSA) is 262 Å². The van der Waals surface area contributed by atoms with E-state index < -0.39 is 19.7 Å². The number of amidine groups is 2. The molecule has 0 spiro atoms. The van der Waals surface area contributed by atoms with Crippen molar-refractivity contribution in [1.29, 1.82) is 0 Å². The van der Waals surface area contributed by atoms with Crippen LogP contribution in [0.2, 0.25) is 0 Å². The Morgan fingerprint density at radius 1 is 0.408 bits per heavy atom. The minimum atomic E-state index is -0.628. The molecule has 98 heavy (non-hydrogen) atoms. The van der Waals surface area contributed by atoms with Crippen molar-refractivity contribution in [2.45, 2.75) is 33.9 Å². The van der Waals surface area contributed by atoms with Crippen molar-refractivity contribution in [2.75, 3.05) is 39.9 Å². The standard InChI is InChI=1S/C31H23N3O4.C21H20N4.C19H16N4O4.C4H10N4/c1-21-17-28(33(35)36)31(29(18-21)34(37)38)32-30-26(23-13-7-3-8-14-23)19-25(22-11-5-2-6-12-22)20-27(30)24-15-9-4-10-16-24;1-17-24(19-13-7-3-8-14-19)22-21(18-11-5-2-6-12-18)23-25(17)20-15-9-4-10-16-20;1-14-12-17(22(24)25)19(18(13-14)23(26)27)20-21(15-8-4-2-5-9-15)16-10-6-3-7-11-16;1-4-5-7(2)8(3)6-4/h2-20,32H,1H3;2-17H,1H3,(H,22,23);2-13,20H,1H3;1-3H3,(H,5,6). The van der Waals surface area contributed by atoms with Crippen molar-refractivity contribution in [2.24, 2.45) is 10.2 Å². The van der Waals surface area contributed by atoms with Gasteiger partial charge in [0.05, 0.1) is 48.1 Å². The van der Waals surface area contributed by atoms with Gasteiger partial charge in [-0.3, -0.25) is 66.8 Å². The molecule has 23 heteroatoms. The largest absolute Gasteiger partial charge is 0.343 e. The zero-order valence-corrected chi connectivity index (χ0v) is 54.3. The summed E-state index contributed by atoms with van der Waals surface area (Å²) in [5.41, 5.74) is 18.7. The van der Waals surface area contributed by atoms with Crippen LogP contribution in [0.1, 0.15) is 30.5 Å². The summed E-state index contributed by atoms with van der Waals surface area (Å²) >= 11 is 0. The molecule has 0 fully saturated rings. The number of nitrogens with one attached hydrogen (secondary N) is 4. The number of nitrogens with zero attached hydrogens (tertiary/aromatic N) is 11. The van der Waals surface area contributed by atoms with Gasteiger partial charge in [-0.15, -0.1) is 10.2 Å². The summed E-state index contributed by atoms with van der Waals surface area (Å²) in [7, 11) is 3.78. The van der Waals surface area contributed by atoms with E-state index >= 15 is 0 Å². The molecule has 0 bridgehead atoms. The molecule has 492 valence electrons. The molecule has 0 saturated heterocycles. The predicted octanol–water partition coefficient (Wildman–Crippen LogP) is 17.4. The van der Waals surface area contributed by atoms with Crippen LogP contribution in [-0.2, 0) is 0 Å². The Hall–Kier alpha value is -13.3. The molecule has 1 unspecified atom stereocenters. The van der Waals surface area contributed by atoms with Crippen LogP contribution in [-0.4, -0.2) is 61.9 Å². The van der Waals surface area contributed by atoms with Gasteiger partial charge in [0.25, 0.3) is 11.4 Å². The zero-order valence-electron chi connectivity index (χ0n) is 54.3. The minimum Gasteiger partial charge on any atom is -0.343 e. The van der Waals surface area contributed by atoms with Gasteiger partial charge in [0.1, 0.15) is 12.0 Å². The van der Waals surface area contributed by atoms with Crippen LogP contribution in [0.25, 0.3) is 33.4 Å². The molecule has 4 N–H and O–H groups in total. The summed E-state index contributed by atoms with van der Waals surface area (Å²) in [6, 6.07) is 87.3. The van der Waals surface area contributed by atoms with Crippen molar-refractivity contribution in [3.8, 4) is 33.4 Å². The number of hydrazine groups is 4. The summed E-state index contributed by atoms with van der Waals surface area (Å²) in [5.74, 6) is 1.75. The highest BCUT2D eigenvalue weighted by atomic mass is 16.6. The first-order chi connectivity index (χ1) is 47.4. The van der Waals surface area contributed by atoms with Gasteiger partial charge in [0.2, 0.25) is 5.69 Å². The molecule has 0 radical (unpaired) electrons. The SMILES string of the molecule is CC1=NN(C)N(C)N1.CC1N(c2ccccc2)N=C(c2ccccc2)NN1c1ccccc1.Cc1cc([N+](=O)[O-])c(NN(c2ccccc2)c2ccccc2)c([N+](=O)[O-])c1.Cc1cc([N+](=O)[O-])c(Nc2c(-c3ccccc3)cc(-c3ccccc3)cc2-c2ccccc2)c([N+](=O)[O-])c1. The first-order valence-corrected chi connectivity index (χ1v) is 31.0. The second-order valence-electron chi connectivity index (χ2n) is 22.4. The zero-order chi connectivity index (χ0) is 69.2. The lowest BCUT2D eigenvalue weighted by Gasteiger charge is -2.42. The number of rotatable bonds is 16. The van der Waals surface area contributed by atoms with Crippen molar-refractivity contribution >= 4 is 74.2 Å². The quantitative estimate of drug-likeness (QED) is 0.0517. The van der Waals surface area contributed by atoms with Gasteiger partial charge in [-0.1, -0.05) is 194 Å². The van der Waals surface area contributed by atoms with E-state index in [1.54, 1.807) is 53.4 Å². The van der Waals surface area contributed by atoms with E-state index in [0.717, 1.165) is 62.0 Å². The summed E-state index contributed by atoms with van der Waals surface area (Å²) in [6.45, 7) is 7.23. The molecule has 0 amide bonds. The maximum Gasteiger partial charge on any atom is 0.301 e. The van der Waals surface area contributed by atoms with E-state index in [0.29, 0.717) is 28.2 Å². The van der Waals surface area contributed by atoms with E-state index in [1.165, 1.54) is 24.3 Å². The van der Waals surface area contributed by atoms with Crippen molar-refractivity contribution in [3.05, 3.63) is 336 Å². The monoisotopic (exact) mass is 1310 g/mol. The van der Waals surface area contributed by atoms with Crippen molar-refractivity contribution in [3.63, 3.8) is 0 Å². The lowest BCUT2D eigenvalue weighted by molar-refractivity contribution is -0.392. The molecule has 2 aliphatic rings. The molecule has 2 aliphatic heterocycles. The Morgan fingerprint density at radius 2 is 0.765 bits per heavy atom. The van der Waals surface area contributed by atoms with E-state index in [9.17, 15) is 40.5 Å². The molecule has 13 rings (SSSR count). The first kappa shape index (κ1) is 67.6. The van der Waals surface area contributed by atoms with Gasteiger partial charge >= 0.3 is 11.4 Å². The average molecular weight is 1310 g/mol. The maximum absolute atomic E-state index is 12.0. The van der Waals surface area contributed by atoms with Crippen molar-refractivity contribution < 1.29 is 19.7 Å². The summed E-state index contributed by atoms with van der Waals surface area (Å²) in [4.78, 5) is 44.7. The fourth-order valence-electron chi connectivity index (χ4n) is 10.8. The number of anilines is 7. The van der Waals surface area contributed by atoms with E-state index in [-0.39, 0.29) is 40.3 Å². The summed E-state index contributed by atoms with van der Waals surface area (Å²) in [6.07, 6.45) is 0.0252. The van der Waals surface area contributed by atoms with Crippen LogP contribution in [0.5, 0.6) is 0 Å². The van der Waals surface area contributed by atoms with Crippen LogP contribution in [0.15, 0.2) is 289 Å². The fourth-order valence-corrected chi connectivity index (χ4v) is 10.8. The normalized spacial score (nSPS) is 13.0. The van der Waals surface area contributed by atoms with Crippen LogP contribution in [0.4, 0.5) is 62.6 Å². The number of hydrazone groups is 2. The minimum absolute atomic E-state index is 0.0252. The molecule has 23 nitrogen and oxygen atoms in total. The van der Waals surface area contributed by atoms with Crippen LogP contribution < -0.4 is 36.6 Å². The number of nitro benzene ring substituents is 4. The number of nitro groups is 4. The fraction of sp³-hybridized carbons (Fsp3) is 0.0933. The van der Waals surface area contributed by atoms with Gasteiger partial charge in [0, 0.05) is 55.1 Å². The first-order valence-electron chi connectivity index (χ1n) is 31.0. The van der Waals surface area contributed by atoms with Crippen LogP contribution >= 0.6 is 0 Å². The summed E-state index contributed by atoms with van der Waals surface area (Å²) in [5, 5.41) is 68.5.